The maximum Gasteiger partial charge on any atom is 0.254 e. The van der Waals surface area contributed by atoms with Crippen LogP contribution in [0.25, 0.3) is 0 Å². The van der Waals surface area contributed by atoms with Gasteiger partial charge in [0.1, 0.15) is 0 Å². The molecule has 0 fully saturated rings. The van der Waals surface area contributed by atoms with Gasteiger partial charge in [-0.25, -0.2) is 0 Å². The molecule has 5 nitrogen and oxygen atoms in total. The highest BCUT2D eigenvalue weighted by Gasteiger charge is 2.17. The molecule has 0 heterocycles. The normalized spacial score (nSPS) is 10.2. The third-order valence-corrected chi connectivity index (χ3v) is 3.87. The predicted octanol–water partition coefficient (Wildman–Crippen LogP) is 3.29. The van der Waals surface area contributed by atoms with E-state index in [1.54, 1.807) is 33.3 Å². The second kappa shape index (κ2) is 7.73. The second-order valence-corrected chi connectivity index (χ2v) is 5.51. The van der Waals surface area contributed by atoms with E-state index in [1.807, 2.05) is 43.3 Å². The van der Waals surface area contributed by atoms with E-state index in [1.165, 1.54) is 0 Å². The van der Waals surface area contributed by atoms with Gasteiger partial charge in [0.05, 0.1) is 21.3 Å². The fourth-order valence-corrected chi connectivity index (χ4v) is 2.59. The maximum atomic E-state index is 12.6. The van der Waals surface area contributed by atoms with Gasteiger partial charge >= 0.3 is 0 Å². The van der Waals surface area contributed by atoms with Gasteiger partial charge in [0.15, 0.2) is 11.5 Å². The lowest BCUT2D eigenvalue weighted by atomic mass is 10.1. The molecule has 0 N–H and O–H groups in total. The van der Waals surface area contributed by atoms with Crippen molar-refractivity contribution in [3.05, 3.63) is 53.1 Å². The SMILES string of the molecule is COc1cc(CN(C)C(=O)c2ccccc2C)cc(OC)c1OC. The molecule has 0 saturated heterocycles. The summed E-state index contributed by atoms with van der Waals surface area (Å²) in [6.45, 7) is 2.37. The summed E-state index contributed by atoms with van der Waals surface area (Å²) in [4.78, 5) is 14.3. The molecule has 0 radical (unpaired) electrons. The van der Waals surface area contributed by atoms with Gasteiger partial charge in [-0.3, -0.25) is 4.79 Å². The fraction of sp³-hybridized carbons (Fsp3) is 0.316. The van der Waals surface area contributed by atoms with E-state index in [2.05, 4.69) is 0 Å². The fourth-order valence-electron chi connectivity index (χ4n) is 2.59. The maximum absolute atomic E-state index is 12.6. The number of amides is 1. The predicted molar refractivity (Wildman–Crippen MR) is 93.1 cm³/mol. The summed E-state index contributed by atoms with van der Waals surface area (Å²) < 4.78 is 16.0. The van der Waals surface area contributed by atoms with Crippen LogP contribution in [0.1, 0.15) is 21.5 Å². The number of hydrogen-bond donors (Lipinski definition) is 0. The molecule has 0 aliphatic rings. The number of carbonyl (C=O) groups is 1. The highest BCUT2D eigenvalue weighted by molar-refractivity contribution is 5.95. The van der Waals surface area contributed by atoms with E-state index in [0.29, 0.717) is 29.4 Å². The van der Waals surface area contributed by atoms with Gasteiger partial charge in [-0.1, -0.05) is 18.2 Å². The molecule has 24 heavy (non-hydrogen) atoms. The summed E-state index contributed by atoms with van der Waals surface area (Å²) in [6, 6.07) is 11.3. The largest absolute Gasteiger partial charge is 0.493 e. The average molecular weight is 329 g/mol. The van der Waals surface area contributed by atoms with Crippen LogP contribution in [0.2, 0.25) is 0 Å². The Morgan fingerprint density at radius 3 is 2.08 bits per heavy atom. The van der Waals surface area contributed by atoms with Crippen LogP contribution in [-0.2, 0) is 6.54 Å². The first-order valence-electron chi connectivity index (χ1n) is 7.61. The van der Waals surface area contributed by atoms with E-state index in [-0.39, 0.29) is 5.91 Å². The summed E-state index contributed by atoms with van der Waals surface area (Å²) in [5, 5.41) is 0. The van der Waals surface area contributed by atoms with Crippen molar-refractivity contribution in [3.8, 4) is 17.2 Å². The van der Waals surface area contributed by atoms with Crippen molar-refractivity contribution < 1.29 is 19.0 Å². The molecular formula is C19H23NO4. The molecule has 0 aliphatic heterocycles. The Kier molecular flexibility index (Phi) is 5.68. The molecule has 2 aromatic rings. The Balaban J connectivity index is 2.27. The van der Waals surface area contributed by atoms with Crippen LogP contribution < -0.4 is 14.2 Å². The lowest BCUT2D eigenvalue weighted by molar-refractivity contribution is 0.0784. The number of benzene rings is 2. The Hall–Kier alpha value is -2.69. The van der Waals surface area contributed by atoms with E-state index in [9.17, 15) is 4.79 Å². The molecule has 2 aromatic carbocycles. The molecule has 0 aliphatic carbocycles. The van der Waals surface area contributed by atoms with Crippen LogP contribution in [0.5, 0.6) is 17.2 Å². The zero-order valence-corrected chi connectivity index (χ0v) is 14.8. The number of ether oxygens (including phenoxy) is 3. The van der Waals surface area contributed by atoms with Gasteiger partial charge in [0.25, 0.3) is 5.91 Å². The zero-order chi connectivity index (χ0) is 17.7. The minimum atomic E-state index is -0.0261. The lowest BCUT2D eigenvalue weighted by Crippen LogP contribution is -2.26. The number of carbonyl (C=O) groups excluding carboxylic acids is 1. The van der Waals surface area contributed by atoms with Crippen LogP contribution in [0.3, 0.4) is 0 Å². The van der Waals surface area contributed by atoms with E-state index in [0.717, 1.165) is 11.1 Å². The highest BCUT2D eigenvalue weighted by Crippen LogP contribution is 2.38. The molecule has 128 valence electrons. The van der Waals surface area contributed by atoms with Gasteiger partial charge in [0, 0.05) is 19.2 Å². The lowest BCUT2D eigenvalue weighted by Gasteiger charge is -2.20. The molecule has 0 saturated carbocycles. The molecule has 0 bridgehead atoms. The average Bonchev–Trinajstić information content (AvgIpc) is 2.60. The standard InChI is InChI=1S/C19H23NO4/c1-13-8-6-7-9-15(13)19(21)20(2)12-14-10-16(22-3)18(24-5)17(11-14)23-4/h6-11H,12H2,1-5H3. The monoisotopic (exact) mass is 329 g/mol. The third kappa shape index (κ3) is 3.62. The van der Waals surface area contributed by atoms with E-state index >= 15 is 0 Å². The minimum absolute atomic E-state index is 0.0261. The smallest absolute Gasteiger partial charge is 0.254 e. The van der Waals surface area contributed by atoms with Gasteiger partial charge in [-0.05, 0) is 36.2 Å². The molecule has 0 spiro atoms. The van der Waals surface area contributed by atoms with E-state index in [4.69, 9.17) is 14.2 Å². The van der Waals surface area contributed by atoms with Crippen molar-refractivity contribution in [2.24, 2.45) is 0 Å². The second-order valence-electron chi connectivity index (χ2n) is 5.51. The van der Waals surface area contributed by atoms with E-state index < -0.39 is 0 Å². The van der Waals surface area contributed by atoms with Crippen molar-refractivity contribution in [3.63, 3.8) is 0 Å². The number of aryl methyl sites for hydroxylation is 1. The van der Waals surface area contributed by atoms with Gasteiger partial charge in [-0.15, -0.1) is 0 Å². The summed E-state index contributed by atoms with van der Waals surface area (Å²) in [5.74, 6) is 1.66. The Morgan fingerprint density at radius 1 is 1.00 bits per heavy atom. The van der Waals surface area contributed by atoms with Crippen molar-refractivity contribution in [1.29, 1.82) is 0 Å². The topological polar surface area (TPSA) is 48.0 Å². The Morgan fingerprint density at radius 2 is 1.58 bits per heavy atom. The van der Waals surface area contributed by atoms with Crippen molar-refractivity contribution >= 4 is 5.91 Å². The number of methoxy groups -OCH3 is 3. The number of rotatable bonds is 6. The Bertz CT molecular complexity index is 702. The molecule has 1 amide bonds. The molecule has 0 aromatic heterocycles. The van der Waals surface area contributed by atoms with Crippen molar-refractivity contribution in [1.82, 2.24) is 4.90 Å². The van der Waals surface area contributed by atoms with Crippen LogP contribution in [0, 0.1) is 6.92 Å². The minimum Gasteiger partial charge on any atom is -0.493 e. The molecular weight excluding hydrogens is 306 g/mol. The summed E-state index contributed by atoms with van der Waals surface area (Å²) in [5.41, 5.74) is 2.56. The first-order chi connectivity index (χ1) is 11.5. The van der Waals surface area contributed by atoms with Crippen LogP contribution >= 0.6 is 0 Å². The van der Waals surface area contributed by atoms with Crippen LogP contribution in [-0.4, -0.2) is 39.2 Å². The third-order valence-electron chi connectivity index (χ3n) is 3.87. The number of hydrogen-bond acceptors (Lipinski definition) is 4. The first-order valence-corrected chi connectivity index (χ1v) is 7.61. The van der Waals surface area contributed by atoms with Crippen molar-refractivity contribution in [2.75, 3.05) is 28.4 Å². The summed E-state index contributed by atoms with van der Waals surface area (Å²) in [7, 11) is 6.48. The summed E-state index contributed by atoms with van der Waals surface area (Å²) in [6.07, 6.45) is 0. The van der Waals surface area contributed by atoms with Gasteiger partial charge < -0.3 is 19.1 Å². The Labute approximate surface area is 142 Å². The molecule has 0 unspecified atom stereocenters. The zero-order valence-electron chi connectivity index (χ0n) is 14.8. The molecule has 0 atom stereocenters. The summed E-state index contributed by atoms with van der Waals surface area (Å²) >= 11 is 0. The van der Waals surface area contributed by atoms with Crippen molar-refractivity contribution in [2.45, 2.75) is 13.5 Å². The van der Waals surface area contributed by atoms with Gasteiger partial charge in [0.2, 0.25) is 5.75 Å². The van der Waals surface area contributed by atoms with Crippen LogP contribution in [0.15, 0.2) is 36.4 Å². The van der Waals surface area contributed by atoms with Gasteiger partial charge in [-0.2, -0.15) is 0 Å². The van der Waals surface area contributed by atoms with Crippen LogP contribution in [0.4, 0.5) is 0 Å². The quantitative estimate of drug-likeness (QED) is 0.816. The molecule has 5 heteroatoms. The molecule has 2 rings (SSSR count). The highest BCUT2D eigenvalue weighted by atomic mass is 16.5. The number of nitrogens with zero attached hydrogens (tertiary/aromatic N) is 1. The first kappa shape index (κ1) is 17.7.